The van der Waals surface area contributed by atoms with Gasteiger partial charge in [-0.25, -0.2) is 0 Å². The maximum atomic E-state index is 3.30. The summed E-state index contributed by atoms with van der Waals surface area (Å²) in [7, 11) is 0. The van der Waals surface area contributed by atoms with Gasteiger partial charge in [0.1, 0.15) is 0 Å². The molecule has 1 nitrogen and oxygen atoms in total. The average molecular weight is 123 g/mol. The lowest BCUT2D eigenvalue weighted by Gasteiger charge is -1.94. The molecule has 1 N–H and O–H groups in total. The van der Waals surface area contributed by atoms with E-state index < -0.39 is 0 Å². The van der Waals surface area contributed by atoms with E-state index in [-0.39, 0.29) is 0 Å². The molecule has 0 unspecified atom stereocenters. The highest BCUT2D eigenvalue weighted by Crippen LogP contribution is 2.12. The molecule has 0 radical (unpaired) electrons. The van der Waals surface area contributed by atoms with Crippen LogP contribution >= 0.6 is 0 Å². The van der Waals surface area contributed by atoms with Gasteiger partial charge in [0, 0.05) is 12.2 Å². The summed E-state index contributed by atoms with van der Waals surface area (Å²) in [5.41, 5.74) is 2.80. The standard InChI is InChI=1S/C8H13N/c1-3-4-8-7(2)5-6-9-8/h3-4,9H,5-6H2,1-2H3/b4-3-. The highest BCUT2D eigenvalue weighted by molar-refractivity contribution is 5.26. The average Bonchev–Trinajstić information content (AvgIpc) is 2.18. The first-order chi connectivity index (χ1) is 4.34. The minimum absolute atomic E-state index is 1.12. The molecule has 9 heavy (non-hydrogen) atoms. The van der Waals surface area contributed by atoms with Gasteiger partial charge >= 0.3 is 0 Å². The van der Waals surface area contributed by atoms with E-state index in [0.29, 0.717) is 0 Å². The second-order valence-electron chi connectivity index (χ2n) is 2.37. The monoisotopic (exact) mass is 123 g/mol. The van der Waals surface area contributed by atoms with Crippen molar-refractivity contribution in [3.05, 3.63) is 23.4 Å². The Morgan fingerprint density at radius 2 is 2.33 bits per heavy atom. The summed E-state index contributed by atoms with van der Waals surface area (Å²) in [5.74, 6) is 0. The summed E-state index contributed by atoms with van der Waals surface area (Å²) in [6.07, 6.45) is 5.40. The summed E-state index contributed by atoms with van der Waals surface area (Å²) in [6, 6.07) is 0. The first-order valence-electron chi connectivity index (χ1n) is 3.41. The smallest absolute Gasteiger partial charge is 0.0326 e. The van der Waals surface area contributed by atoms with E-state index in [4.69, 9.17) is 0 Å². The second-order valence-corrected chi connectivity index (χ2v) is 2.37. The fourth-order valence-electron chi connectivity index (χ4n) is 1.04. The topological polar surface area (TPSA) is 12.0 Å². The second kappa shape index (κ2) is 2.72. The number of allylic oxidation sites excluding steroid dienone is 2. The lowest BCUT2D eigenvalue weighted by Crippen LogP contribution is -2.04. The van der Waals surface area contributed by atoms with Crippen LogP contribution in [0.5, 0.6) is 0 Å². The van der Waals surface area contributed by atoms with Crippen molar-refractivity contribution >= 4 is 0 Å². The molecular weight excluding hydrogens is 110 g/mol. The molecule has 0 aromatic rings. The normalized spacial score (nSPS) is 19.3. The van der Waals surface area contributed by atoms with Crippen LogP contribution in [0.15, 0.2) is 23.4 Å². The van der Waals surface area contributed by atoms with Gasteiger partial charge in [0.05, 0.1) is 0 Å². The molecule has 1 rings (SSSR count). The molecule has 0 aromatic heterocycles. The van der Waals surface area contributed by atoms with Crippen molar-refractivity contribution in [2.24, 2.45) is 0 Å². The van der Waals surface area contributed by atoms with Crippen LogP contribution in [0.3, 0.4) is 0 Å². The minimum atomic E-state index is 1.12. The molecular formula is C8H13N. The van der Waals surface area contributed by atoms with Gasteiger partial charge in [0.15, 0.2) is 0 Å². The van der Waals surface area contributed by atoms with E-state index in [1.165, 1.54) is 17.7 Å². The number of hydrogen-bond donors (Lipinski definition) is 1. The molecule has 0 saturated heterocycles. The SMILES string of the molecule is C/C=C\C1=C(C)CCN1. The van der Waals surface area contributed by atoms with E-state index in [1.54, 1.807) is 0 Å². The molecule has 0 bridgehead atoms. The molecule has 1 aliphatic heterocycles. The number of nitrogens with one attached hydrogen (secondary N) is 1. The van der Waals surface area contributed by atoms with Gasteiger partial charge in [-0.2, -0.15) is 0 Å². The zero-order valence-corrected chi connectivity index (χ0v) is 6.07. The Labute approximate surface area is 56.5 Å². The van der Waals surface area contributed by atoms with E-state index in [0.717, 1.165) is 6.54 Å². The van der Waals surface area contributed by atoms with E-state index in [1.807, 2.05) is 6.92 Å². The highest BCUT2D eigenvalue weighted by Gasteiger charge is 2.04. The van der Waals surface area contributed by atoms with Crippen LogP contribution in [0, 0.1) is 0 Å². The van der Waals surface area contributed by atoms with Crippen LogP contribution in [0.1, 0.15) is 20.3 Å². The molecule has 0 aromatic carbocycles. The van der Waals surface area contributed by atoms with Gasteiger partial charge in [0.25, 0.3) is 0 Å². The van der Waals surface area contributed by atoms with Crippen molar-refractivity contribution in [3.8, 4) is 0 Å². The molecule has 0 amide bonds. The fraction of sp³-hybridized carbons (Fsp3) is 0.500. The van der Waals surface area contributed by atoms with E-state index in [9.17, 15) is 0 Å². The quantitative estimate of drug-likeness (QED) is 0.561. The summed E-state index contributed by atoms with van der Waals surface area (Å²) >= 11 is 0. The van der Waals surface area contributed by atoms with Gasteiger partial charge in [-0.3, -0.25) is 0 Å². The van der Waals surface area contributed by atoms with Crippen LogP contribution in [0.4, 0.5) is 0 Å². The lowest BCUT2D eigenvalue weighted by molar-refractivity contribution is 0.886. The molecule has 1 heterocycles. The van der Waals surface area contributed by atoms with Crippen LogP contribution < -0.4 is 5.32 Å². The molecule has 0 spiro atoms. The van der Waals surface area contributed by atoms with Crippen LogP contribution in [-0.4, -0.2) is 6.54 Å². The minimum Gasteiger partial charge on any atom is -0.385 e. The predicted molar refractivity (Wildman–Crippen MR) is 40.1 cm³/mol. The van der Waals surface area contributed by atoms with Crippen molar-refractivity contribution in [1.29, 1.82) is 0 Å². The Bertz CT molecular complexity index is 154. The molecule has 0 atom stereocenters. The van der Waals surface area contributed by atoms with Crippen molar-refractivity contribution in [2.75, 3.05) is 6.54 Å². The zero-order valence-electron chi connectivity index (χ0n) is 6.07. The third kappa shape index (κ3) is 1.35. The Hall–Kier alpha value is -0.720. The summed E-state index contributed by atoms with van der Waals surface area (Å²) in [4.78, 5) is 0. The first-order valence-corrected chi connectivity index (χ1v) is 3.41. The highest BCUT2D eigenvalue weighted by atomic mass is 14.9. The zero-order chi connectivity index (χ0) is 6.69. The summed E-state index contributed by atoms with van der Waals surface area (Å²) in [5, 5.41) is 3.30. The first kappa shape index (κ1) is 6.40. The van der Waals surface area contributed by atoms with Crippen molar-refractivity contribution in [1.82, 2.24) is 5.32 Å². The fourth-order valence-corrected chi connectivity index (χ4v) is 1.04. The van der Waals surface area contributed by atoms with E-state index >= 15 is 0 Å². The Kier molecular flexibility index (Phi) is 1.93. The molecule has 1 heteroatoms. The third-order valence-corrected chi connectivity index (χ3v) is 1.61. The molecule has 0 aliphatic carbocycles. The molecule has 0 fully saturated rings. The Morgan fingerprint density at radius 3 is 2.78 bits per heavy atom. The van der Waals surface area contributed by atoms with Gasteiger partial charge in [-0.1, -0.05) is 6.08 Å². The van der Waals surface area contributed by atoms with Gasteiger partial charge < -0.3 is 5.32 Å². The van der Waals surface area contributed by atoms with Gasteiger partial charge in [-0.15, -0.1) is 0 Å². The summed E-state index contributed by atoms with van der Waals surface area (Å²) in [6.45, 7) is 5.33. The van der Waals surface area contributed by atoms with Crippen molar-refractivity contribution in [2.45, 2.75) is 20.3 Å². The van der Waals surface area contributed by atoms with Crippen molar-refractivity contribution in [3.63, 3.8) is 0 Å². The van der Waals surface area contributed by atoms with Crippen LogP contribution in [0.2, 0.25) is 0 Å². The third-order valence-electron chi connectivity index (χ3n) is 1.61. The largest absolute Gasteiger partial charge is 0.385 e. The maximum absolute atomic E-state index is 3.30. The predicted octanol–water partition coefficient (Wildman–Crippen LogP) is 1.83. The Morgan fingerprint density at radius 1 is 1.56 bits per heavy atom. The van der Waals surface area contributed by atoms with Crippen LogP contribution in [0.25, 0.3) is 0 Å². The maximum Gasteiger partial charge on any atom is 0.0326 e. The van der Waals surface area contributed by atoms with Crippen molar-refractivity contribution < 1.29 is 0 Å². The number of hydrogen-bond acceptors (Lipinski definition) is 1. The lowest BCUT2D eigenvalue weighted by atomic mass is 10.2. The number of rotatable bonds is 1. The molecule has 50 valence electrons. The van der Waals surface area contributed by atoms with Gasteiger partial charge in [0.2, 0.25) is 0 Å². The molecule has 1 aliphatic rings. The van der Waals surface area contributed by atoms with E-state index in [2.05, 4.69) is 24.4 Å². The molecule has 0 saturated carbocycles. The Balaban J connectivity index is 2.66. The van der Waals surface area contributed by atoms with Gasteiger partial charge in [-0.05, 0) is 31.9 Å². The van der Waals surface area contributed by atoms with Crippen LogP contribution in [-0.2, 0) is 0 Å². The summed E-state index contributed by atoms with van der Waals surface area (Å²) < 4.78 is 0.